The van der Waals surface area contributed by atoms with Crippen LogP contribution in [0.1, 0.15) is 18.4 Å². The molecule has 0 bridgehead atoms. The van der Waals surface area contributed by atoms with E-state index in [2.05, 4.69) is 179 Å². The Labute approximate surface area is 297 Å². The van der Waals surface area contributed by atoms with Gasteiger partial charge in [-0.05, 0) is 115 Å². The van der Waals surface area contributed by atoms with Crippen LogP contribution in [0, 0.1) is 0 Å². The first kappa shape index (κ1) is 29.4. The van der Waals surface area contributed by atoms with Crippen LogP contribution in [0.15, 0.2) is 182 Å². The molecule has 2 aromatic heterocycles. The van der Waals surface area contributed by atoms with Gasteiger partial charge in [-0.25, -0.2) is 0 Å². The van der Waals surface area contributed by atoms with E-state index in [9.17, 15) is 0 Å². The second-order valence-corrected chi connectivity index (χ2v) is 13.4. The van der Waals surface area contributed by atoms with Crippen molar-refractivity contribution in [2.45, 2.75) is 12.8 Å². The molecule has 0 fully saturated rings. The molecule has 7 aromatic carbocycles. The molecule has 9 aromatic rings. The van der Waals surface area contributed by atoms with Gasteiger partial charge in [0, 0.05) is 28.9 Å². The van der Waals surface area contributed by atoms with Gasteiger partial charge in [-0.15, -0.1) is 0 Å². The fourth-order valence-corrected chi connectivity index (χ4v) is 8.14. The third kappa shape index (κ3) is 4.91. The van der Waals surface area contributed by atoms with Crippen LogP contribution in [-0.4, -0.2) is 9.55 Å². The molecular weight excluding hydrogens is 617 g/mol. The maximum Gasteiger partial charge on any atom is 0.0571 e. The highest BCUT2D eigenvalue weighted by Gasteiger charge is 2.19. The molecule has 0 saturated carbocycles. The average Bonchev–Trinajstić information content (AvgIpc) is 3.54. The first-order valence-electron chi connectivity index (χ1n) is 17.8. The van der Waals surface area contributed by atoms with E-state index in [0.717, 1.165) is 29.4 Å². The molecule has 1 aliphatic carbocycles. The molecule has 51 heavy (non-hydrogen) atoms. The fraction of sp³-hybridized carbons (Fsp3) is 0.0408. The van der Waals surface area contributed by atoms with Crippen molar-refractivity contribution in [2.75, 3.05) is 0 Å². The fourth-order valence-electron chi connectivity index (χ4n) is 8.14. The number of benzene rings is 7. The highest BCUT2D eigenvalue weighted by Crippen LogP contribution is 2.44. The van der Waals surface area contributed by atoms with Crippen molar-refractivity contribution in [3.05, 3.63) is 188 Å². The first-order chi connectivity index (χ1) is 25.3. The number of pyridine rings is 1. The Kier molecular flexibility index (Phi) is 6.99. The summed E-state index contributed by atoms with van der Waals surface area (Å²) in [4.78, 5) is 4.49. The van der Waals surface area contributed by atoms with E-state index in [1.807, 2.05) is 12.4 Å². The smallest absolute Gasteiger partial charge is 0.0571 e. The second-order valence-electron chi connectivity index (χ2n) is 13.4. The number of nitrogens with zero attached hydrogens (tertiary/aromatic N) is 2. The van der Waals surface area contributed by atoms with Gasteiger partial charge in [0.1, 0.15) is 0 Å². The Morgan fingerprint density at radius 2 is 1.04 bits per heavy atom. The number of hydrogen-bond donors (Lipinski definition) is 0. The molecule has 0 radical (unpaired) electrons. The first-order valence-corrected chi connectivity index (χ1v) is 17.8. The SMILES string of the molecule is C1=CC(c2c3ccccc3c(-c3ccccc3)c3cc(-c4ccc(-c5ccc6c(c5)c5cnccc5n6-c5ccccc5)cc4)ccc23)=CCC1. The summed E-state index contributed by atoms with van der Waals surface area (Å²) in [7, 11) is 0. The zero-order valence-electron chi connectivity index (χ0n) is 28.1. The third-order valence-corrected chi connectivity index (χ3v) is 10.5. The minimum Gasteiger partial charge on any atom is -0.309 e. The van der Waals surface area contributed by atoms with Crippen LogP contribution in [0.2, 0.25) is 0 Å². The molecule has 0 unspecified atom stereocenters. The van der Waals surface area contributed by atoms with E-state index < -0.39 is 0 Å². The minimum absolute atomic E-state index is 1.07. The standard InChI is InChI=1S/C49H34N2/c1-4-12-35(13-5-1)48-40-18-10-11-19-41(40)49(36-14-6-2-7-15-36)44-31-37(24-26-42(44)48)33-20-22-34(23-21-33)38-25-27-46-43(30-38)45-32-50-29-28-47(45)51(46)39-16-8-3-9-17-39/h2-4,6-32H,1,5H2. The molecule has 0 N–H and O–H groups in total. The number of aromatic nitrogens is 2. The number of allylic oxidation sites excluding steroid dienone is 4. The van der Waals surface area contributed by atoms with Crippen LogP contribution in [-0.2, 0) is 0 Å². The van der Waals surface area contributed by atoms with Crippen LogP contribution in [0.5, 0.6) is 0 Å². The quantitative estimate of drug-likeness (QED) is 0.170. The Balaban J connectivity index is 1.11. The molecule has 2 heterocycles. The lowest BCUT2D eigenvalue weighted by atomic mass is 9.83. The predicted octanol–water partition coefficient (Wildman–Crippen LogP) is 13.2. The summed E-state index contributed by atoms with van der Waals surface area (Å²) >= 11 is 0. The van der Waals surface area contributed by atoms with Gasteiger partial charge in [0.25, 0.3) is 0 Å². The number of rotatable bonds is 5. The molecule has 2 heteroatoms. The van der Waals surface area contributed by atoms with Crippen molar-refractivity contribution < 1.29 is 0 Å². The summed E-state index contributed by atoms with van der Waals surface area (Å²) < 4.78 is 2.33. The largest absolute Gasteiger partial charge is 0.309 e. The molecule has 0 aliphatic heterocycles. The highest BCUT2D eigenvalue weighted by atomic mass is 15.0. The van der Waals surface area contributed by atoms with Crippen LogP contribution in [0.25, 0.3) is 88.0 Å². The summed E-state index contributed by atoms with van der Waals surface area (Å²) in [5.74, 6) is 0. The number of fused-ring (bicyclic) bond motifs is 5. The van der Waals surface area contributed by atoms with Gasteiger partial charge in [-0.2, -0.15) is 0 Å². The Bertz CT molecular complexity index is 2820. The molecule has 0 saturated heterocycles. The van der Waals surface area contributed by atoms with E-state index in [4.69, 9.17) is 0 Å². The average molecular weight is 651 g/mol. The second kappa shape index (κ2) is 12.1. The normalized spacial score (nSPS) is 13.0. The van der Waals surface area contributed by atoms with E-state index >= 15 is 0 Å². The molecule has 10 rings (SSSR count). The number of hydrogen-bond acceptors (Lipinski definition) is 1. The zero-order valence-corrected chi connectivity index (χ0v) is 28.1. The van der Waals surface area contributed by atoms with Gasteiger partial charge in [0.15, 0.2) is 0 Å². The van der Waals surface area contributed by atoms with Crippen LogP contribution < -0.4 is 0 Å². The summed E-state index contributed by atoms with van der Waals surface area (Å²) in [6.45, 7) is 0. The molecular formula is C49H34N2. The molecule has 0 atom stereocenters. The van der Waals surface area contributed by atoms with Crippen molar-refractivity contribution in [1.82, 2.24) is 9.55 Å². The zero-order chi connectivity index (χ0) is 33.7. The van der Waals surface area contributed by atoms with E-state index in [1.54, 1.807) is 0 Å². The third-order valence-electron chi connectivity index (χ3n) is 10.5. The maximum atomic E-state index is 4.49. The predicted molar refractivity (Wildman–Crippen MR) is 216 cm³/mol. The molecule has 0 spiro atoms. The van der Waals surface area contributed by atoms with E-state index in [-0.39, 0.29) is 0 Å². The van der Waals surface area contributed by atoms with Crippen LogP contribution in [0.4, 0.5) is 0 Å². The van der Waals surface area contributed by atoms with Gasteiger partial charge in [-0.1, -0.05) is 133 Å². The molecule has 2 nitrogen and oxygen atoms in total. The van der Waals surface area contributed by atoms with Crippen molar-refractivity contribution in [1.29, 1.82) is 0 Å². The van der Waals surface area contributed by atoms with Crippen molar-refractivity contribution in [2.24, 2.45) is 0 Å². The summed E-state index contributed by atoms with van der Waals surface area (Å²) in [5, 5.41) is 7.54. The Morgan fingerprint density at radius 1 is 0.431 bits per heavy atom. The monoisotopic (exact) mass is 650 g/mol. The molecule has 0 amide bonds. The van der Waals surface area contributed by atoms with Crippen molar-refractivity contribution in [3.63, 3.8) is 0 Å². The maximum absolute atomic E-state index is 4.49. The molecule has 240 valence electrons. The lowest BCUT2D eigenvalue weighted by Gasteiger charge is -2.20. The summed E-state index contributed by atoms with van der Waals surface area (Å²) in [6.07, 6.45) is 13.1. The van der Waals surface area contributed by atoms with E-state index in [1.165, 1.54) is 77.0 Å². The Hall–Kier alpha value is -6.51. The lowest BCUT2D eigenvalue weighted by Crippen LogP contribution is -1.95. The van der Waals surface area contributed by atoms with Gasteiger partial charge >= 0.3 is 0 Å². The van der Waals surface area contributed by atoms with Gasteiger partial charge in [-0.3, -0.25) is 4.98 Å². The summed E-state index contributed by atoms with van der Waals surface area (Å²) in [5.41, 5.74) is 13.5. The molecule has 1 aliphatic rings. The van der Waals surface area contributed by atoms with Gasteiger partial charge in [0.05, 0.1) is 11.0 Å². The van der Waals surface area contributed by atoms with Crippen LogP contribution in [0.3, 0.4) is 0 Å². The topological polar surface area (TPSA) is 17.8 Å². The van der Waals surface area contributed by atoms with Crippen LogP contribution >= 0.6 is 0 Å². The van der Waals surface area contributed by atoms with Crippen molar-refractivity contribution >= 4 is 48.9 Å². The Morgan fingerprint density at radius 3 is 1.76 bits per heavy atom. The van der Waals surface area contributed by atoms with Gasteiger partial charge in [0.2, 0.25) is 0 Å². The summed E-state index contributed by atoms with van der Waals surface area (Å²) in [6, 6.07) is 55.4. The lowest BCUT2D eigenvalue weighted by molar-refractivity contribution is 1.04. The number of para-hydroxylation sites is 1. The van der Waals surface area contributed by atoms with Crippen molar-refractivity contribution in [3.8, 4) is 39.1 Å². The highest BCUT2D eigenvalue weighted by molar-refractivity contribution is 6.20. The van der Waals surface area contributed by atoms with E-state index in [0.29, 0.717) is 0 Å². The van der Waals surface area contributed by atoms with Gasteiger partial charge < -0.3 is 4.57 Å². The minimum atomic E-state index is 1.07.